The van der Waals surface area contributed by atoms with Gasteiger partial charge in [-0.1, -0.05) is 6.07 Å². The van der Waals surface area contributed by atoms with E-state index in [0.717, 1.165) is 30.9 Å². The van der Waals surface area contributed by atoms with Gasteiger partial charge in [-0.3, -0.25) is 15.1 Å². The summed E-state index contributed by atoms with van der Waals surface area (Å²) in [5.41, 5.74) is 1.01. The normalized spacial score (nSPS) is 13.9. The average molecular weight is 297 g/mol. The molecule has 2 aromatic rings. The molecule has 112 valence electrons. The van der Waals surface area contributed by atoms with Gasteiger partial charge in [0.1, 0.15) is 17.3 Å². The third-order valence-electron chi connectivity index (χ3n) is 3.29. The van der Waals surface area contributed by atoms with E-state index in [9.17, 15) is 10.1 Å². The number of nitrogens with one attached hydrogen (secondary N) is 1. The molecule has 1 aliphatic rings. The lowest BCUT2D eigenvalue weighted by atomic mass is 10.1. The van der Waals surface area contributed by atoms with Crippen molar-refractivity contribution in [1.29, 1.82) is 0 Å². The average Bonchev–Trinajstić information content (AvgIpc) is 2.56. The van der Waals surface area contributed by atoms with Gasteiger partial charge in [-0.25, -0.2) is 0 Å². The third kappa shape index (κ3) is 3.22. The predicted octanol–water partition coefficient (Wildman–Crippen LogP) is 3.13. The molecule has 0 saturated carbocycles. The zero-order valence-electron chi connectivity index (χ0n) is 11.9. The van der Waals surface area contributed by atoms with Gasteiger partial charge < -0.3 is 10.1 Å². The molecule has 0 atom stereocenters. The highest BCUT2D eigenvalue weighted by atomic mass is 16.6. The summed E-state index contributed by atoms with van der Waals surface area (Å²) in [6.45, 7) is 1.78. The van der Waals surface area contributed by atoms with Crippen LogP contribution in [0.1, 0.15) is 12.0 Å². The van der Waals surface area contributed by atoms with Gasteiger partial charge in [0, 0.05) is 24.7 Å². The fraction of sp³-hybridized carbons (Fsp3) is 0.188. The summed E-state index contributed by atoms with van der Waals surface area (Å²) in [4.78, 5) is 14.7. The van der Waals surface area contributed by atoms with E-state index in [1.54, 1.807) is 12.1 Å². The molecule has 6 nitrogen and oxygen atoms in total. The molecule has 0 amide bonds. The van der Waals surface area contributed by atoms with Gasteiger partial charge in [0.05, 0.1) is 11.0 Å². The van der Waals surface area contributed by atoms with Crippen molar-refractivity contribution in [3.63, 3.8) is 0 Å². The summed E-state index contributed by atoms with van der Waals surface area (Å²) in [6.07, 6.45) is 1.05. The Morgan fingerprint density at radius 3 is 2.64 bits per heavy atom. The number of nitro groups is 1. The molecule has 0 aliphatic carbocycles. The van der Waals surface area contributed by atoms with Gasteiger partial charge in [0.25, 0.3) is 5.69 Å². The van der Waals surface area contributed by atoms with Gasteiger partial charge in [0.2, 0.25) is 0 Å². The molecule has 1 heterocycles. The summed E-state index contributed by atoms with van der Waals surface area (Å²) in [6, 6.07) is 13.6. The maximum absolute atomic E-state index is 10.8. The van der Waals surface area contributed by atoms with E-state index >= 15 is 0 Å². The smallest absolute Gasteiger partial charge is 0.273 e. The Hall–Kier alpha value is -2.89. The number of nitrogens with zero attached hydrogens (tertiary/aromatic N) is 2. The minimum Gasteiger partial charge on any atom is -0.457 e. The minimum atomic E-state index is -0.442. The van der Waals surface area contributed by atoms with E-state index in [4.69, 9.17) is 4.74 Å². The molecule has 0 fully saturated rings. The molecule has 0 bridgehead atoms. The summed E-state index contributed by atoms with van der Waals surface area (Å²) >= 11 is 0. The Balaban J connectivity index is 1.74. The number of hydrogen-bond acceptors (Lipinski definition) is 5. The number of rotatable bonds is 4. The van der Waals surface area contributed by atoms with E-state index in [-0.39, 0.29) is 5.69 Å². The zero-order chi connectivity index (χ0) is 15.4. The van der Waals surface area contributed by atoms with Crippen molar-refractivity contribution < 1.29 is 9.66 Å². The molecule has 2 aromatic carbocycles. The van der Waals surface area contributed by atoms with Crippen molar-refractivity contribution in [2.24, 2.45) is 4.99 Å². The van der Waals surface area contributed by atoms with Crippen LogP contribution in [0, 0.1) is 10.1 Å². The van der Waals surface area contributed by atoms with Crippen molar-refractivity contribution in [2.45, 2.75) is 6.42 Å². The van der Waals surface area contributed by atoms with Crippen LogP contribution < -0.4 is 10.1 Å². The van der Waals surface area contributed by atoms with Crippen LogP contribution in [-0.4, -0.2) is 23.8 Å². The SMILES string of the molecule is O=[N+]([O-])c1cccc(Oc2ccc(C3=NCCCN3)cc2)c1. The maximum atomic E-state index is 10.8. The van der Waals surface area contributed by atoms with E-state index in [1.165, 1.54) is 12.1 Å². The Bertz CT molecular complexity index is 711. The molecule has 1 aliphatic heterocycles. The number of aliphatic imine (C=N–C) groups is 1. The summed E-state index contributed by atoms with van der Waals surface area (Å²) < 4.78 is 5.65. The first-order valence-corrected chi connectivity index (χ1v) is 7.03. The van der Waals surface area contributed by atoms with Crippen LogP contribution in [0.15, 0.2) is 53.5 Å². The van der Waals surface area contributed by atoms with Crippen molar-refractivity contribution in [2.75, 3.05) is 13.1 Å². The van der Waals surface area contributed by atoms with Gasteiger partial charge in [0.15, 0.2) is 0 Å². The number of non-ortho nitro benzene ring substituents is 1. The van der Waals surface area contributed by atoms with Crippen molar-refractivity contribution in [3.8, 4) is 11.5 Å². The van der Waals surface area contributed by atoms with Crippen LogP contribution in [0.4, 0.5) is 5.69 Å². The number of hydrogen-bond donors (Lipinski definition) is 1. The molecule has 6 heteroatoms. The highest BCUT2D eigenvalue weighted by Gasteiger charge is 2.09. The first-order valence-electron chi connectivity index (χ1n) is 7.03. The predicted molar refractivity (Wildman–Crippen MR) is 83.6 cm³/mol. The van der Waals surface area contributed by atoms with Crippen LogP contribution in [-0.2, 0) is 0 Å². The lowest BCUT2D eigenvalue weighted by Crippen LogP contribution is -2.30. The van der Waals surface area contributed by atoms with Gasteiger partial charge in [-0.15, -0.1) is 0 Å². The lowest BCUT2D eigenvalue weighted by Gasteiger charge is -2.15. The molecule has 0 saturated heterocycles. The van der Waals surface area contributed by atoms with E-state index in [0.29, 0.717) is 11.5 Å². The van der Waals surface area contributed by atoms with Gasteiger partial charge >= 0.3 is 0 Å². The number of ether oxygens (including phenoxy) is 1. The van der Waals surface area contributed by atoms with E-state index in [2.05, 4.69) is 10.3 Å². The lowest BCUT2D eigenvalue weighted by molar-refractivity contribution is -0.384. The van der Waals surface area contributed by atoms with E-state index in [1.807, 2.05) is 24.3 Å². The minimum absolute atomic E-state index is 0.00915. The Kier molecular flexibility index (Phi) is 4.00. The standard InChI is InChI=1S/C16H15N3O3/c20-19(21)13-3-1-4-15(11-13)22-14-7-5-12(6-8-14)16-17-9-2-10-18-16/h1,3-8,11H,2,9-10H2,(H,17,18). The molecule has 1 N–H and O–H groups in total. The quantitative estimate of drug-likeness (QED) is 0.694. The number of nitro benzene ring substituents is 1. The van der Waals surface area contributed by atoms with Crippen LogP contribution in [0.25, 0.3) is 0 Å². The molecular formula is C16H15N3O3. The Labute approximate surface area is 127 Å². The maximum Gasteiger partial charge on any atom is 0.273 e. The van der Waals surface area contributed by atoms with Crippen molar-refractivity contribution >= 4 is 11.5 Å². The highest BCUT2D eigenvalue weighted by Crippen LogP contribution is 2.25. The summed E-state index contributed by atoms with van der Waals surface area (Å²) in [5, 5.41) is 14.0. The van der Waals surface area contributed by atoms with Gasteiger partial charge in [-0.2, -0.15) is 0 Å². The van der Waals surface area contributed by atoms with Crippen LogP contribution in [0.3, 0.4) is 0 Å². The highest BCUT2D eigenvalue weighted by molar-refractivity contribution is 5.99. The monoisotopic (exact) mass is 297 g/mol. The largest absolute Gasteiger partial charge is 0.457 e. The molecule has 3 rings (SSSR count). The van der Waals surface area contributed by atoms with Gasteiger partial charge in [-0.05, 0) is 36.8 Å². The number of benzene rings is 2. The fourth-order valence-corrected chi connectivity index (χ4v) is 2.20. The summed E-state index contributed by atoms with van der Waals surface area (Å²) in [5.74, 6) is 1.96. The topological polar surface area (TPSA) is 76.8 Å². The molecule has 0 spiro atoms. The first kappa shape index (κ1) is 14.1. The van der Waals surface area contributed by atoms with Crippen LogP contribution >= 0.6 is 0 Å². The third-order valence-corrected chi connectivity index (χ3v) is 3.29. The van der Waals surface area contributed by atoms with Crippen LogP contribution in [0.5, 0.6) is 11.5 Å². The Morgan fingerprint density at radius 1 is 1.14 bits per heavy atom. The Morgan fingerprint density at radius 2 is 1.95 bits per heavy atom. The number of amidine groups is 1. The molecule has 22 heavy (non-hydrogen) atoms. The fourth-order valence-electron chi connectivity index (χ4n) is 2.20. The van der Waals surface area contributed by atoms with E-state index < -0.39 is 4.92 Å². The molecule has 0 unspecified atom stereocenters. The summed E-state index contributed by atoms with van der Waals surface area (Å²) in [7, 11) is 0. The van der Waals surface area contributed by atoms with Crippen LogP contribution in [0.2, 0.25) is 0 Å². The second kappa shape index (κ2) is 6.26. The molecule has 0 radical (unpaired) electrons. The van der Waals surface area contributed by atoms with Crippen molar-refractivity contribution in [3.05, 3.63) is 64.2 Å². The van der Waals surface area contributed by atoms with Crippen molar-refractivity contribution in [1.82, 2.24) is 5.32 Å². The first-order chi connectivity index (χ1) is 10.7. The zero-order valence-corrected chi connectivity index (χ0v) is 11.9. The molecule has 0 aromatic heterocycles. The second-order valence-electron chi connectivity index (χ2n) is 4.89. The second-order valence-corrected chi connectivity index (χ2v) is 4.89. The molecular weight excluding hydrogens is 282 g/mol.